The second kappa shape index (κ2) is 8.15. The molecule has 1 atom stereocenters. The molecule has 2 N–H and O–H groups in total. The third-order valence-corrected chi connectivity index (χ3v) is 4.40. The van der Waals surface area contributed by atoms with Gasteiger partial charge >= 0.3 is 0 Å². The highest BCUT2D eigenvalue weighted by Gasteiger charge is 2.17. The summed E-state index contributed by atoms with van der Waals surface area (Å²) in [5, 5.41) is 9.36. The first-order valence-corrected chi connectivity index (χ1v) is 8.72. The van der Waals surface area contributed by atoms with E-state index in [1.54, 1.807) is 11.3 Å². The molecule has 2 aromatic rings. The molecule has 22 heavy (non-hydrogen) atoms. The lowest BCUT2D eigenvalue weighted by Gasteiger charge is -2.23. The highest BCUT2D eigenvalue weighted by molar-refractivity contribution is 7.80. The van der Waals surface area contributed by atoms with Gasteiger partial charge < -0.3 is 15.4 Å². The van der Waals surface area contributed by atoms with Crippen molar-refractivity contribution < 1.29 is 4.74 Å². The van der Waals surface area contributed by atoms with E-state index in [4.69, 9.17) is 17.0 Å². The molecular formula is C17H22N2OS2. The first kappa shape index (κ1) is 16.8. The van der Waals surface area contributed by atoms with Gasteiger partial charge in [0.25, 0.3) is 0 Å². The van der Waals surface area contributed by atoms with Gasteiger partial charge in [0.05, 0.1) is 12.6 Å². The van der Waals surface area contributed by atoms with Crippen molar-refractivity contribution in [1.29, 1.82) is 0 Å². The van der Waals surface area contributed by atoms with Crippen molar-refractivity contribution in [3.8, 4) is 5.75 Å². The van der Waals surface area contributed by atoms with Crippen LogP contribution in [0.15, 0.2) is 41.8 Å². The van der Waals surface area contributed by atoms with Crippen LogP contribution in [0.1, 0.15) is 31.7 Å². The van der Waals surface area contributed by atoms with Crippen LogP contribution in [0.5, 0.6) is 5.75 Å². The summed E-state index contributed by atoms with van der Waals surface area (Å²) in [5.74, 6) is 1.32. The van der Waals surface area contributed by atoms with E-state index >= 15 is 0 Å². The molecule has 0 saturated carbocycles. The number of rotatable bonds is 6. The van der Waals surface area contributed by atoms with Crippen molar-refractivity contribution in [2.24, 2.45) is 5.92 Å². The highest BCUT2D eigenvalue weighted by atomic mass is 32.1. The number of anilines is 1. The van der Waals surface area contributed by atoms with Gasteiger partial charge in [-0.15, -0.1) is 11.3 Å². The van der Waals surface area contributed by atoms with Crippen molar-refractivity contribution in [2.75, 3.05) is 11.9 Å². The predicted octanol–water partition coefficient (Wildman–Crippen LogP) is 4.83. The predicted molar refractivity (Wildman–Crippen MR) is 98.9 cm³/mol. The van der Waals surface area contributed by atoms with Gasteiger partial charge in [0.15, 0.2) is 5.11 Å². The van der Waals surface area contributed by atoms with E-state index in [0.717, 1.165) is 11.4 Å². The second-order valence-electron chi connectivity index (χ2n) is 5.29. The lowest BCUT2D eigenvalue weighted by atomic mass is 10.0. The third kappa shape index (κ3) is 4.71. The minimum Gasteiger partial charge on any atom is -0.494 e. The Balaban J connectivity index is 1.96. The maximum Gasteiger partial charge on any atom is 0.171 e. The molecule has 0 bridgehead atoms. The first-order chi connectivity index (χ1) is 10.6. The average Bonchev–Trinajstić information content (AvgIpc) is 3.01. The lowest BCUT2D eigenvalue weighted by molar-refractivity contribution is 0.340. The third-order valence-electron chi connectivity index (χ3n) is 3.23. The fraction of sp³-hybridized carbons (Fsp3) is 0.353. The largest absolute Gasteiger partial charge is 0.494 e. The Morgan fingerprint density at radius 1 is 1.23 bits per heavy atom. The van der Waals surface area contributed by atoms with Crippen LogP contribution >= 0.6 is 23.6 Å². The minimum absolute atomic E-state index is 0.225. The van der Waals surface area contributed by atoms with Gasteiger partial charge in [-0.2, -0.15) is 0 Å². The van der Waals surface area contributed by atoms with Crippen molar-refractivity contribution in [1.82, 2.24) is 5.32 Å². The van der Waals surface area contributed by atoms with Crippen LogP contribution in [0.3, 0.4) is 0 Å². The molecule has 2 rings (SSSR count). The van der Waals surface area contributed by atoms with Gasteiger partial charge in [0.1, 0.15) is 5.75 Å². The number of hydrogen-bond donors (Lipinski definition) is 2. The quantitative estimate of drug-likeness (QED) is 0.741. The first-order valence-electron chi connectivity index (χ1n) is 7.44. The summed E-state index contributed by atoms with van der Waals surface area (Å²) >= 11 is 7.19. The smallest absolute Gasteiger partial charge is 0.171 e. The van der Waals surface area contributed by atoms with Crippen LogP contribution in [-0.4, -0.2) is 11.7 Å². The van der Waals surface area contributed by atoms with E-state index in [0.29, 0.717) is 17.6 Å². The molecule has 118 valence electrons. The van der Waals surface area contributed by atoms with Gasteiger partial charge in [-0.1, -0.05) is 19.9 Å². The van der Waals surface area contributed by atoms with E-state index in [1.807, 2.05) is 31.2 Å². The monoisotopic (exact) mass is 334 g/mol. The number of ether oxygens (including phenoxy) is 1. The summed E-state index contributed by atoms with van der Waals surface area (Å²) in [6.45, 7) is 7.03. The Morgan fingerprint density at radius 3 is 2.50 bits per heavy atom. The number of thiocarbonyl (C=S) groups is 1. The Labute approximate surface area is 141 Å². The van der Waals surface area contributed by atoms with Crippen molar-refractivity contribution in [3.63, 3.8) is 0 Å². The average molecular weight is 335 g/mol. The van der Waals surface area contributed by atoms with E-state index in [1.165, 1.54) is 4.88 Å². The van der Waals surface area contributed by atoms with Crippen LogP contribution in [0.25, 0.3) is 0 Å². The van der Waals surface area contributed by atoms with Crippen LogP contribution in [-0.2, 0) is 0 Å². The minimum atomic E-state index is 0.225. The molecule has 0 aliphatic heterocycles. The van der Waals surface area contributed by atoms with E-state index in [9.17, 15) is 0 Å². The van der Waals surface area contributed by atoms with Gasteiger partial charge in [0.2, 0.25) is 0 Å². The van der Waals surface area contributed by atoms with Crippen molar-refractivity contribution >= 4 is 34.4 Å². The molecule has 0 aliphatic rings. The molecular weight excluding hydrogens is 312 g/mol. The SMILES string of the molecule is CCOc1ccc(NC(=S)N[C@@H](c2cccs2)C(C)C)cc1. The zero-order valence-corrected chi connectivity index (χ0v) is 14.8. The molecule has 5 heteroatoms. The summed E-state index contributed by atoms with van der Waals surface area (Å²) in [7, 11) is 0. The molecule has 0 fully saturated rings. The Kier molecular flexibility index (Phi) is 6.21. The maximum atomic E-state index is 5.44. The van der Waals surface area contributed by atoms with E-state index in [-0.39, 0.29) is 6.04 Å². The van der Waals surface area contributed by atoms with Crippen molar-refractivity contribution in [2.45, 2.75) is 26.8 Å². The topological polar surface area (TPSA) is 33.3 Å². The summed E-state index contributed by atoms with van der Waals surface area (Å²) in [5.41, 5.74) is 0.953. The molecule has 0 amide bonds. The molecule has 0 saturated heterocycles. The number of hydrogen-bond acceptors (Lipinski definition) is 3. The van der Waals surface area contributed by atoms with E-state index in [2.05, 4.69) is 42.0 Å². The molecule has 3 nitrogen and oxygen atoms in total. The zero-order chi connectivity index (χ0) is 15.9. The number of thiophene rings is 1. The van der Waals surface area contributed by atoms with Gasteiger partial charge in [-0.05, 0) is 60.8 Å². The standard InChI is InChI=1S/C17H22N2OS2/c1-4-20-14-9-7-13(8-10-14)18-17(21)19-16(12(2)3)15-6-5-11-22-15/h5-12,16H,4H2,1-3H3,(H2,18,19,21)/t16-/m1/s1. The zero-order valence-electron chi connectivity index (χ0n) is 13.1. The molecule has 1 heterocycles. The van der Waals surface area contributed by atoms with Gasteiger partial charge in [-0.3, -0.25) is 0 Å². The molecule has 0 radical (unpaired) electrons. The number of nitrogens with one attached hydrogen (secondary N) is 2. The summed E-state index contributed by atoms with van der Waals surface area (Å²) in [6, 6.07) is 12.2. The Hall–Kier alpha value is -1.59. The van der Waals surface area contributed by atoms with Crippen molar-refractivity contribution in [3.05, 3.63) is 46.7 Å². The summed E-state index contributed by atoms with van der Waals surface area (Å²) in [6.07, 6.45) is 0. The van der Waals surface area contributed by atoms with Gasteiger partial charge in [0, 0.05) is 10.6 Å². The van der Waals surface area contributed by atoms with Crippen LogP contribution in [0, 0.1) is 5.92 Å². The fourth-order valence-electron chi connectivity index (χ4n) is 2.14. The summed E-state index contributed by atoms with van der Waals surface area (Å²) in [4.78, 5) is 1.30. The molecule has 1 aromatic carbocycles. The molecule has 1 aromatic heterocycles. The molecule has 0 unspecified atom stereocenters. The fourth-order valence-corrected chi connectivity index (χ4v) is 3.34. The van der Waals surface area contributed by atoms with Crippen LogP contribution < -0.4 is 15.4 Å². The summed E-state index contributed by atoms with van der Waals surface area (Å²) < 4.78 is 5.44. The highest BCUT2D eigenvalue weighted by Crippen LogP contribution is 2.26. The Bertz CT molecular complexity index is 579. The van der Waals surface area contributed by atoms with E-state index < -0.39 is 0 Å². The number of benzene rings is 1. The Morgan fingerprint density at radius 2 is 1.95 bits per heavy atom. The lowest BCUT2D eigenvalue weighted by Crippen LogP contribution is -2.34. The van der Waals surface area contributed by atoms with Gasteiger partial charge in [-0.25, -0.2) is 0 Å². The van der Waals surface area contributed by atoms with Crippen LogP contribution in [0.2, 0.25) is 0 Å². The molecule has 0 aliphatic carbocycles. The maximum absolute atomic E-state index is 5.44. The van der Waals surface area contributed by atoms with Crippen LogP contribution in [0.4, 0.5) is 5.69 Å². The molecule has 0 spiro atoms. The second-order valence-corrected chi connectivity index (χ2v) is 6.68. The normalized spacial score (nSPS) is 12.0.